The molecule has 1 unspecified atom stereocenters. The molecule has 3 nitrogen and oxygen atoms in total. The van der Waals surface area contributed by atoms with Gasteiger partial charge in [-0.2, -0.15) is 0 Å². The van der Waals surface area contributed by atoms with Gasteiger partial charge in [-0.3, -0.25) is 4.79 Å². The van der Waals surface area contributed by atoms with Gasteiger partial charge in [-0.15, -0.1) is 0 Å². The molecule has 1 N–H and O–H groups in total. The predicted octanol–water partition coefficient (Wildman–Crippen LogP) is 3.36. The van der Waals surface area contributed by atoms with E-state index in [1.54, 1.807) is 36.5 Å². The molecule has 104 valence electrons. The molecule has 1 aromatic carbocycles. The van der Waals surface area contributed by atoms with E-state index in [9.17, 15) is 14.3 Å². The number of halogens is 2. The summed E-state index contributed by atoms with van der Waals surface area (Å²) < 4.78 is 13.6. The summed E-state index contributed by atoms with van der Waals surface area (Å²) in [5.74, 6) is -2.04. The average molecular weight is 294 g/mol. The van der Waals surface area contributed by atoms with Gasteiger partial charge in [0.05, 0.1) is 5.92 Å². The Kier molecular flexibility index (Phi) is 4.69. The summed E-state index contributed by atoms with van der Waals surface area (Å²) >= 11 is 5.68. The van der Waals surface area contributed by atoms with Crippen LogP contribution in [0.4, 0.5) is 4.39 Å². The Balaban J connectivity index is 2.14. The maximum atomic E-state index is 13.6. The first kappa shape index (κ1) is 14.5. The van der Waals surface area contributed by atoms with E-state index in [4.69, 9.17) is 11.6 Å². The molecule has 0 aliphatic carbocycles. The summed E-state index contributed by atoms with van der Waals surface area (Å²) in [6, 6.07) is 9.55. The largest absolute Gasteiger partial charge is 0.481 e. The average Bonchev–Trinajstić information content (AvgIpc) is 2.42. The lowest BCUT2D eigenvalue weighted by atomic mass is 9.93. The molecule has 0 aliphatic heterocycles. The third-order valence-corrected chi connectivity index (χ3v) is 3.27. The van der Waals surface area contributed by atoms with Gasteiger partial charge in [0.2, 0.25) is 0 Å². The van der Waals surface area contributed by atoms with Crippen LogP contribution in [0.1, 0.15) is 11.1 Å². The molecule has 20 heavy (non-hydrogen) atoms. The molecule has 0 saturated carbocycles. The summed E-state index contributed by atoms with van der Waals surface area (Å²) in [5.41, 5.74) is 1.17. The lowest BCUT2D eigenvalue weighted by Gasteiger charge is -2.13. The molecule has 0 amide bonds. The highest BCUT2D eigenvalue weighted by Crippen LogP contribution is 2.18. The van der Waals surface area contributed by atoms with E-state index in [0.29, 0.717) is 10.7 Å². The van der Waals surface area contributed by atoms with Crippen LogP contribution >= 0.6 is 11.6 Å². The lowest BCUT2D eigenvalue weighted by Crippen LogP contribution is -2.19. The van der Waals surface area contributed by atoms with E-state index in [0.717, 1.165) is 5.56 Å². The summed E-state index contributed by atoms with van der Waals surface area (Å²) in [5, 5.41) is 9.63. The molecule has 1 aromatic heterocycles. The second-order valence-electron chi connectivity index (χ2n) is 4.52. The fourth-order valence-electron chi connectivity index (χ4n) is 1.99. The number of carbonyl (C=O) groups is 1. The third-order valence-electron chi connectivity index (χ3n) is 3.04. The zero-order valence-corrected chi connectivity index (χ0v) is 11.3. The van der Waals surface area contributed by atoms with Crippen molar-refractivity contribution in [3.8, 4) is 0 Å². The number of benzene rings is 1. The van der Waals surface area contributed by atoms with Gasteiger partial charge in [-0.25, -0.2) is 9.37 Å². The molecule has 0 spiro atoms. The van der Waals surface area contributed by atoms with Crippen LogP contribution in [-0.2, 0) is 17.6 Å². The van der Waals surface area contributed by atoms with Crippen molar-refractivity contribution in [2.45, 2.75) is 12.8 Å². The Hall–Kier alpha value is -1.94. The zero-order chi connectivity index (χ0) is 14.5. The van der Waals surface area contributed by atoms with E-state index >= 15 is 0 Å². The van der Waals surface area contributed by atoms with Crippen molar-refractivity contribution in [2.75, 3.05) is 0 Å². The predicted molar refractivity (Wildman–Crippen MR) is 74.2 cm³/mol. The van der Waals surface area contributed by atoms with E-state index in [1.165, 1.54) is 6.07 Å². The van der Waals surface area contributed by atoms with E-state index in [-0.39, 0.29) is 18.7 Å². The number of pyridine rings is 1. The number of aliphatic carboxylic acids is 1. The first-order valence-electron chi connectivity index (χ1n) is 6.13. The minimum atomic E-state index is -0.955. The van der Waals surface area contributed by atoms with Crippen molar-refractivity contribution in [3.05, 3.63) is 64.7 Å². The van der Waals surface area contributed by atoms with Crippen LogP contribution in [0.2, 0.25) is 5.15 Å². The Labute approximate surface area is 121 Å². The van der Waals surface area contributed by atoms with Gasteiger partial charge < -0.3 is 5.11 Å². The van der Waals surface area contributed by atoms with Crippen molar-refractivity contribution in [2.24, 2.45) is 5.92 Å². The first-order valence-corrected chi connectivity index (χ1v) is 6.50. The Bertz CT molecular complexity index is 601. The van der Waals surface area contributed by atoms with Crippen molar-refractivity contribution in [1.82, 2.24) is 4.98 Å². The molecule has 0 saturated heterocycles. The summed E-state index contributed by atoms with van der Waals surface area (Å²) in [6.45, 7) is 0. The smallest absolute Gasteiger partial charge is 0.307 e. The minimum Gasteiger partial charge on any atom is -0.481 e. The summed E-state index contributed by atoms with van der Waals surface area (Å²) in [7, 11) is 0. The molecule has 2 aromatic rings. The summed E-state index contributed by atoms with van der Waals surface area (Å²) in [4.78, 5) is 15.2. The van der Waals surface area contributed by atoms with Crippen molar-refractivity contribution >= 4 is 17.6 Å². The molecule has 0 aliphatic rings. The number of nitrogens with zero attached hydrogens (tertiary/aromatic N) is 1. The van der Waals surface area contributed by atoms with Crippen molar-refractivity contribution < 1.29 is 14.3 Å². The molecular formula is C15H13ClFNO2. The molecule has 1 heterocycles. The van der Waals surface area contributed by atoms with Crippen LogP contribution in [0.15, 0.2) is 42.6 Å². The SMILES string of the molecule is O=C(O)C(Cc1ccc(Cl)nc1)Cc1ccccc1F. The molecule has 0 fully saturated rings. The maximum absolute atomic E-state index is 13.6. The normalized spacial score (nSPS) is 12.1. The second kappa shape index (κ2) is 6.48. The van der Waals surface area contributed by atoms with Gasteiger partial charge >= 0.3 is 5.97 Å². The third kappa shape index (κ3) is 3.78. The highest BCUT2D eigenvalue weighted by atomic mass is 35.5. The fourth-order valence-corrected chi connectivity index (χ4v) is 2.10. The topological polar surface area (TPSA) is 50.2 Å². The number of rotatable bonds is 5. The molecule has 5 heteroatoms. The van der Waals surface area contributed by atoms with Crippen LogP contribution in [0.25, 0.3) is 0 Å². The highest BCUT2D eigenvalue weighted by molar-refractivity contribution is 6.29. The maximum Gasteiger partial charge on any atom is 0.307 e. The molecule has 1 atom stereocenters. The number of aromatic nitrogens is 1. The number of carboxylic acid groups (broad SMARTS) is 1. The second-order valence-corrected chi connectivity index (χ2v) is 4.91. The van der Waals surface area contributed by atoms with Gasteiger partial charge in [-0.1, -0.05) is 35.9 Å². The van der Waals surface area contributed by atoms with E-state index in [2.05, 4.69) is 4.98 Å². The van der Waals surface area contributed by atoms with Gasteiger partial charge in [0, 0.05) is 6.20 Å². The molecular weight excluding hydrogens is 281 g/mol. The minimum absolute atomic E-state index is 0.143. The quantitative estimate of drug-likeness (QED) is 0.860. The van der Waals surface area contributed by atoms with Crippen LogP contribution in [0.3, 0.4) is 0 Å². The Morgan fingerprint density at radius 3 is 2.60 bits per heavy atom. The lowest BCUT2D eigenvalue weighted by molar-refractivity contribution is -0.141. The summed E-state index contributed by atoms with van der Waals surface area (Å²) in [6.07, 6.45) is 1.97. The first-order chi connectivity index (χ1) is 9.56. The molecule has 2 rings (SSSR count). The van der Waals surface area contributed by atoms with Crippen LogP contribution in [0.5, 0.6) is 0 Å². The Morgan fingerprint density at radius 2 is 2.00 bits per heavy atom. The van der Waals surface area contributed by atoms with Gasteiger partial charge in [-0.05, 0) is 36.1 Å². The van der Waals surface area contributed by atoms with E-state index in [1.807, 2.05) is 0 Å². The zero-order valence-electron chi connectivity index (χ0n) is 10.6. The van der Waals surface area contributed by atoms with Gasteiger partial charge in [0.25, 0.3) is 0 Å². The standard InChI is InChI=1S/C15H13ClFNO2/c16-14-6-5-10(9-18-14)7-12(15(19)20)8-11-3-1-2-4-13(11)17/h1-6,9,12H,7-8H2,(H,19,20). The highest BCUT2D eigenvalue weighted by Gasteiger charge is 2.20. The molecule has 0 bridgehead atoms. The van der Waals surface area contributed by atoms with Crippen LogP contribution in [0, 0.1) is 11.7 Å². The number of hydrogen-bond acceptors (Lipinski definition) is 2. The number of hydrogen-bond donors (Lipinski definition) is 1. The van der Waals surface area contributed by atoms with Gasteiger partial charge in [0.1, 0.15) is 11.0 Å². The van der Waals surface area contributed by atoms with E-state index < -0.39 is 11.9 Å². The van der Waals surface area contributed by atoms with Crippen molar-refractivity contribution in [1.29, 1.82) is 0 Å². The molecule has 0 radical (unpaired) electrons. The number of carboxylic acids is 1. The fraction of sp³-hybridized carbons (Fsp3) is 0.200. The van der Waals surface area contributed by atoms with Crippen molar-refractivity contribution in [3.63, 3.8) is 0 Å². The van der Waals surface area contributed by atoms with Crippen LogP contribution < -0.4 is 0 Å². The van der Waals surface area contributed by atoms with Crippen LogP contribution in [-0.4, -0.2) is 16.1 Å². The van der Waals surface area contributed by atoms with Gasteiger partial charge in [0.15, 0.2) is 0 Å². The monoisotopic (exact) mass is 293 g/mol. The Morgan fingerprint density at radius 1 is 1.25 bits per heavy atom.